The molecule has 2 aromatic carbocycles. The molecule has 33 heavy (non-hydrogen) atoms. The van der Waals surface area contributed by atoms with Crippen LogP contribution in [-0.2, 0) is 20.3 Å². The first kappa shape index (κ1) is 33.4. The molecule has 0 spiro atoms. The lowest BCUT2D eigenvalue weighted by Gasteiger charge is -2.21. The van der Waals surface area contributed by atoms with E-state index in [1.807, 2.05) is 30.3 Å². The van der Waals surface area contributed by atoms with Gasteiger partial charge in [0.25, 0.3) is 0 Å². The van der Waals surface area contributed by atoms with E-state index in [1.165, 1.54) is 6.38 Å². The van der Waals surface area contributed by atoms with Crippen LogP contribution in [0.2, 0.25) is 0 Å². The molecule has 0 saturated heterocycles. The zero-order chi connectivity index (χ0) is 25.5. The first-order valence-corrected chi connectivity index (χ1v) is 17.0. The van der Waals surface area contributed by atoms with Gasteiger partial charge in [0.05, 0.1) is 20.8 Å². The van der Waals surface area contributed by atoms with Crippen LogP contribution in [0, 0.1) is 0 Å². The molecule has 0 atom stereocenters. The van der Waals surface area contributed by atoms with Crippen molar-refractivity contribution in [3.63, 3.8) is 0 Å². The van der Waals surface area contributed by atoms with E-state index in [2.05, 4.69) is 55.5 Å². The van der Waals surface area contributed by atoms with E-state index in [9.17, 15) is 9.13 Å². The fourth-order valence-electron chi connectivity index (χ4n) is 2.57. The number of fused-ring (bicyclic) bond motifs is 1. The molecule has 7 nitrogen and oxygen atoms in total. The van der Waals surface area contributed by atoms with Crippen LogP contribution >= 0.6 is 81.4 Å². The summed E-state index contributed by atoms with van der Waals surface area (Å²) in [5, 5.41) is 4.23. The predicted molar refractivity (Wildman–Crippen MR) is 144 cm³/mol. The van der Waals surface area contributed by atoms with Crippen LogP contribution in [0.5, 0.6) is 11.5 Å². The molecule has 0 saturated carbocycles. The topological polar surface area (TPSA) is 85.9 Å². The quantitative estimate of drug-likeness (QED) is 0.195. The van der Waals surface area contributed by atoms with Crippen molar-refractivity contribution in [2.45, 2.75) is 6.61 Å². The SMILES string of the molecule is CCl.COc1cc(COP(=O)(NCCCl)NCCCl)c(OC)c2ccccc12.O=P(Cl)(Cl)Cl. The maximum Gasteiger partial charge on any atom is 0.341 e. The van der Waals surface area contributed by atoms with Gasteiger partial charge in [0, 0.05) is 47.6 Å². The van der Waals surface area contributed by atoms with Gasteiger partial charge in [-0.05, 0) is 39.8 Å². The van der Waals surface area contributed by atoms with Crippen molar-refractivity contribution in [2.75, 3.05) is 45.5 Å². The molecule has 2 aromatic rings. The fraction of sp³-hybridized carbons (Fsp3) is 0.444. The third-order valence-corrected chi connectivity index (χ3v) is 5.84. The lowest BCUT2D eigenvalue weighted by Crippen LogP contribution is -2.27. The number of methoxy groups -OCH3 is 2. The number of halogens is 6. The lowest BCUT2D eigenvalue weighted by molar-refractivity contribution is 0.281. The zero-order valence-electron chi connectivity index (χ0n) is 18.1. The Balaban J connectivity index is 0.00000129. The van der Waals surface area contributed by atoms with Gasteiger partial charge in [-0.3, -0.25) is 9.13 Å². The molecule has 0 aromatic heterocycles. The highest BCUT2D eigenvalue weighted by molar-refractivity contribution is 8.24. The Morgan fingerprint density at radius 1 is 0.879 bits per heavy atom. The van der Waals surface area contributed by atoms with Gasteiger partial charge in [-0.2, -0.15) is 0 Å². The van der Waals surface area contributed by atoms with Gasteiger partial charge in [-0.1, -0.05) is 24.3 Å². The molecule has 0 amide bonds. The maximum atomic E-state index is 12.9. The van der Waals surface area contributed by atoms with Crippen molar-refractivity contribution >= 4 is 92.2 Å². The summed E-state index contributed by atoms with van der Waals surface area (Å²) in [6.07, 6.45) is 1.47. The Bertz CT molecular complexity index is 914. The maximum absolute atomic E-state index is 12.9. The van der Waals surface area contributed by atoms with Crippen LogP contribution in [0.4, 0.5) is 0 Å². The largest absolute Gasteiger partial charge is 0.496 e. The van der Waals surface area contributed by atoms with E-state index < -0.39 is 12.9 Å². The Morgan fingerprint density at radius 2 is 1.36 bits per heavy atom. The standard InChI is InChI=1S/C17H23Cl2N2O4P.CH3Cl.Cl3OP/c1-23-16-11-13(17(24-2)15-6-4-3-5-14(15)16)12-25-26(22,20-9-7-18)21-10-8-19;1-2;1-5(2,3)4/h3-6,11H,7-10,12H2,1-2H3,(H2,20,21,22);1H3;. The van der Waals surface area contributed by atoms with Crippen LogP contribution in [-0.4, -0.2) is 45.5 Å². The van der Waals surface area contributed by atoms with Crippen LogP contribution in [0.3, 0.4) is 0 Å². The molecular formula is C18H26Cl6N2O5P2. The van der Waals surface area contributed by atoms with E-state index in [0.717, 1.165) is 16.3 Å². The van der Waals surface area contributed by atoms with Crippen LogP contribution in [0.1, 0.15) is 5.56 Å². The van der Waals surface area contributed by atoms with Gasteiger partial charge in [-0.15, -0.1) is 34.8 Å². The van der Waals surface area contributed by atoms with E-state index >= 15 is 0 Å². The highest BCUT2D eigenvalue weighted by Crippen LogP contribution is 2.61. The van der Waals surface area contributed by atoms with Crippen LogP contribution in [0.15, 0.2) is 30.3 Å². The van der Waals surface area contributed by atoms with Crippen molar-refractivity contribution in [3.05, 3.63) is 35.9 Å². The number of hydrogen-bond acceptors (Lipinski definition) is 5. The van der Waals surface area contributed by atoms with Gasteiger partial charge >= 0.3 is 12.9 Å². The number of hydrogen-bond donors (Lipinski definition) is 2. The lowest BCUT2D eigenvalue weighted by atomic mass is 10.0. The number of benzene rings is 2. The molecule has 0 fully saturated rings. The average molecular weight is 625 g/mol. The van der Waals surface area contributed by atoms with Crippen LogP contribution in [0.25, 0.3) is 10.8 Å². The molecule has 0 aliphatic heterocycles. The summed E-state index contributed by atoms with van der Waals surface area (Å²) in [7, 11) is -0.100. The highest BCUT2D eigenvalue weighted by atomic mass is 36.0. The van der Waals surface area contributed by atoms with Crippen molar-refractivity contribution < 1.29 is 23.1 Å². The molecule has 2 N–H and O–H groups in total. The smallest absolute Gasteiger partial charge is 0.341 e. The molecule has 0 aliphatic rings. The molecule has 0 heterocycles. The van der Waals surface area contributed by atoms with Gasteiger partial charge in [-0.25, -0.2) is 10.2 Å². The second-order valence-corrected chi connectivity index (χ2v) is 15.1. The summed E-state index contributed by atoms with van der Waals surface area (Å²) in [5.74, 6) is 1.96. The number of nitrogens with one attached hydrogen (secondary N) is 2. The van der Waals surface area contributed by atoms with Crippen molar-refractivity contribution in [3.8, 4) is 11.5 Å². The predicted octanol–water partition coefficient (Wildman–Crippen LogP) is 7.80. The monoisotopic (exact) mass is 622 g/mol. The third-order valence-electron chi connectivity index (χ3n) is 3.69. The van der Waals surface area contributed by atoms with Gasteiger partial charge < -0.3 is 14.0 Å². The molecular weight excluding hydrogens is 599 g/mol. The summed E-state index contributed by atoms with van der Waals surface area (Å²) in [6.45, 7) is 0.741. The Labute approximate surface area is 223 Å². The van der Waals surface area contributed by atoms with E-state index in [1.54, 1.807) is 14.2 Å². The molecule has 0 aliphatic carbocycles. The minimum Gasteiger partial charge on any atom is -0.496 e. The second kappa shape index (κ2) is 17.8. The molecule has 190 valence electrons. The summed E-state index contributed by atoms with van der Waals surface area (Å²) < 4.78 is 39.2. The van der Waals surface area contributed by atoms with Crippen LogP contribution < -0.4 is 19.6 Å². The first-order valence-electron chi connectivity index (χ1n) is 9.14. The Morgan fingerprint density at radius 3 is 1.79 bits per heavy atom. The van der Waals surface area contributed by atoms with Gasteiger partial charge in [0.15, 0.2) is 0 Å². The number of rotatable bonds is 11. The minimum absolute atomic E-state index is 0.0617. The Kier molecular flexibility index (Phi) is 18.0. The average Bonchev–Trinajstić information content (AvgIpc) is 2.79. The first-order chi connectivity index (χ1) is 15.6. The van der Waals surface area contributed by atoms with Crippen molar-refractivity contribution in [2.24, 2.45) is 0 Å². The summed E-state index contributed by atoms with van der Waals surface area (Å²) in [5.41, 5.74) is 0.726. The molecule has 0 unspecified atom stereocenters. The minimum atomic E-state index is -3.30. The van der Waals surface area contributed by atoms with Crippen molar-refractivity contribution in [1.29, 1.82) is 0 Å². The molecule has 0 bridgehead atoms. The second-order valence-electron chi connectivity index (χ2n) is 5.73. The molecule has 2 rings (SSSR count). The molecule has 15 heteroatoms. The Hall–Kier alpha value is 0.380. The normalized spacial score (nSPS) is 11.2. The van der Waals surface area contributed by atoms with Gasteiger partial charge in [0.1, 0.15) is 11.5 Å². The number of ether oxygens (including phenoxy) is 2. The summed E-state index contributed by atoms with van der Waals surface area (Å²) in [4.78, 5) is 0. The van der Waals surface area contributed by atoms with Crippen molar-refractivity contribution in [1.82, 2.24) is 10.2 Å². The van der Waals surface area contributed by atoms with E-state index in [4.69, 9.17) is 37.2 Å². The highest BCUT2D eigenvalue weighted by Gasteiger charge is 2.23. The van der Waals surface area contributed by atoms with E-state index in [-0.39, 0.29) is 6.61 Å². The van der Waals surface area contributed by atoms with Gasteiger partial charge in [0.2, 0.25) is 0 Å². The van der Waals surface area contributed by atoms with E-state index in [0.29, 0.717) is 36.3 Å². The number of alkyl halides is 3. The summed E-state index contributed by atoms with van der Waals surface area (Å²) >= 11 is 29.9. The third kappa shape index (κ3) is 13.3. The fourth-order valence-corrected chi connectivity index (χ4v) is 4.45. The zero-order valence-corrected chi connectivity index (χ0v) is 24.5. The molecule has 0 radical (unpaired) electrons. The summed E-state index contributed by atoms with van der Waals surface area (Å²) in [6, 6.07) is 9.58.